The second-order valence-corrected chi connectivity index (χ2v) is 9.87. The number of carbonyl (C=O) groups excluding carboxylic acids is 1. The average molecular weight is 526 g/mol. The van der Waals surface area contributed by atoms with Gasteiger partial charge in [-0.1, -0.05) is 26.0 Å². The van der Waals surface area contributed by atoms with Crippen LogP contribution in [0.25, 0.3) is 0 Å². The van der Waals surface area contributed by atoms with E-state index in [1.807, 2.05) is 40.6 Å². The van der Waals surface area contributed by atoms with Gasteiger partial charge in [-0.25, -0.2) is 4.98 Å². The van der Waals surface area contributed by atoms with Gasteiger partial charge in [-0.3, -0.25) is 9.69 Å². The largest absolute Gasteiger partial charge is 0.497 e. The highest BCUT2D eigenvalue weighted by Gasteiger charge is 2.20. The molecular weight excluding hydrogens is 490 g/mol. The van der Waals surface area contributed by atoms with E-state index in [0.29, 0.717) is 25.3 Å². The Morgan fingerprint density at radius 3 is 2.49 bits per heavy atom. The van der Waals surface area contributed by atoms with Crippen LogP contribution in [0.3, 0.4) is 0 Å². The molecule has 0 N–H and O–H groups in total. The summed E-state index contributed by atoms with van der Waals surface area (Å²) in [7, 11) is 3.31. The fraction of sp³-hybridized carbons (Fsp3) is 0.429. The van der Waals surface area contributed by atoms with E-state index in [-0.39, 0.29) is 12.7 Å². The number of carbonyl (C=O) groups is 1. The van der Waals surface area contributed by atoms with Gasteiger partial charge >= 0.3 is 0 Å². The minimum atomic E-state index is 0.00495. The minimum Gasteiger partial charge on any atom is -0.497 e. The van der Waals surface area contributed by atoms with Gasteiger partial charge in [0, 0.05) is 43.2 Å². The Balaban J connectivity index is 1.56. The highest BCUT2D eigenvalue weighted by atomic mass is 32.1. The normalized spacial score (nSPS) is 12.1. The lowest BCUT2D eigenvalue weighted by atomic mass is 10.1. The molecule has 0 aliphatic carbocycles. The number of hydrogen-bond acceptors (Lipinski definition) is 8. The number of methoxy groups -OCH3 is 2. The predicted molar refractivity (Wildman–Crippen MR) is 144 cm³/mol. The summed E-state index contributed by atoms with van der Waals surface area (Å²) >= 11 is 1.52. The summed E-state index contributed by atoms with van der Waals surface area (Å²) < 4.78 is 22.1. The Morgan fingerprint density at radius 2 is 1.76 bits per heavy atom. The Kier molecular flexibility index (Phi) is 9.24. The number of hydrogen-bond donors (Lipinski definition) is 0. The third-order valence-electron chi connectivity index (χ3n) is 6.14. The first kappa shape index (κ1) is 26.8. The zero-order chi connectivity index (χ0) is 26.2. The maximum atomic E-state index is 13.1. The monoisotopic (exact) mass is 525 g/mol. The molecule has 0 fully saturated rings. The Bertz CT molecular complexity index is 1190. The second kappa shape index (κ2) is 12.8. The Morgan fingerprint density at radius 1 is 0.973 bits per heavy atom. The van der Waals surface area contributed by atoms with Crippen LogP contribution in [0.2, 0.25) is 0 Å². The van der Waals surface area contributed by atoms with Crippen molar-refractivity contribution in [1.29, 1.82) is 0 Å². The lowest BCUT2D eigenvalue weighted by Crippen LogP contribution is -2.32. The van der Waals surface area contributed by atoms with Crippen molar-refractivity contribution in [1.82, 2.24) is 14.8 Å². The maximum Gasteiger partial charge on any atom is 0.273 e. The van der Waals surface area contributed by atoms with Crippen LogP contribution < -0.4 is 18.9 Å². The number of nitrogens with zero attached hydrogens (tertiary/aromatic N) is 3. The first-order valence-corrected chi connectivity index (χ1v) is 13.5. The summed E-state index contributed by atoms with van der Waals surface area (Å²) in [4.78, 5) is 22.0. The smallest absolute Gasteiger partial charge is 0.273 e. The first-order chi connectivity index (χ1) is 18.0. The molecule has 1 amide bonds. The van der Waals surface area contributed by atoms with E-state index in [2.05, 4.69) is 24.8 Å². The number of rotatable bonds is 13. The highest BCUT2D eigenvalue weighted by Crippen LogP contribution is 2.33. The van der Waals surface area contributed by atoms with Crippen LogP contribution in [0.4, 0.5) is 0 Å². The quantitative estimate of drug-likeness (QED) is 0.298. The molecule has 198 valence electrons. The standard InChI is InChI=1S/C28H35N3O5S/c1-5-11-31(12-6-2)28(32)23-18-37-27(29-23)17-30(15-20-7-10-24-26(13-20)36-19-35-24)16-21-8-9-22(33-3)14-25(21)34-4/h7-10,13-14,18H,5-6,11-12,15-17,19H2,1-4H3. The minimum absolute atomic E-state index is 0.00495. The number of thiazole rings is 1. The van der Waals surface area contributed by atoms with Gasteiger partial charge in [0.15, 0.2) is 11.5 Å². The van der Waals surface area contributed by atoms with Crippen LogP contribution in [0, 0.1) is 0 Å². The van der Waals surface area contributed by atoms with E-state index in [1.165, 1.54) is 11.3 Å². The predicted octanol–water partition coefficient (Wildman–Crippen LogP) is 5.35. The zero-order valence-electron chi connectivity index (χ0n) is 22.0. The van der Waals surface area contributed by atoms with E-state index < -0.39 is 0 Å². The summed E-state index contributed by atoms with van der Waals surface area (Å²) in [6.45, 7) is 7.78. The van der Waals surface area contributed by atoms with Crippen molar-refractivity contribution in [3.63, 3.8) is 0 Å². The van der Waals surface area contributed by atoms with Gasteiger partial charge in [0.25, 0.3) is 5.91 Å². The zero-order valence-corrected chi connectivity index (χ0v) is 22.8. The molecule has 8 nitrogen and oxygen atoms in total. The number of aromatic nitrogens is 1. The molecule has 0 saturated carbocycles. The lowest BCUT2D eigenvalue weighted by Gasteiger charge is -2.23. The third-order valence-corrected chi connectivity index (χ3v) is 6.97. The molecular formula is C28H35N3O5S. The lowest BCUT2D eigenvalue weighted by molar-refractivity contribution is 0.0750. The number of amides is 1. The van der Waals surface area contributed by atoms with E-state index in [4.69, 9.17) is 23.9 Å². The molecule has 0 atom stereocenters. The van der Waals surface area contributed by atoms with Gasteiger partial charge in [0.05, 0.1) is 20.8 Å². The molecule has 0 unspecified atom stereocenters. The van der Waals surface area contributed by atoms with Gasteiger partial charge in [-0.15, -0.1) is 11.3 Å². The van der Waals surface area contributed by atoms with E-state index >= 15 is 0 Å². The van der Waals surface area contributed by atoms with Gasteiger partial charge in [-0.2, -0.15) is 0 Å². The van der Waals surface area contributed by atoms with Crippen LogP contribution in [-0.4, -0.2) is 54.8 Å². The molecule has 4 rings (SSSR count). The van der Waals surface area contributed by atoms with Gasteiger partial charge in [0.2, 0.25) is 6.79 Å². The van der Waals surface area contributed by atoms with E-state index in [1.54, 1.807) is 14.2 Å². The highest BCUT2D eigenvalue weighted by molar-refractivity contribution is 7.09. The number of fused-ring (bicyclic) bond motifs is 1. The van der Waals surface area contributed by atoms with Gasteiger partial charge in [-0.05, 0) is 36.6 Å². The molecule has 0 bridgehead atoms. The summed E-state index contributed by atoms with van der Waals surface area (Å²) in [6, 6.07) is 11.9. The molecule has 3 aromatic rings. The maximum absolute atomic E-state index is 13.1. The summed E-state index contributed by atoms with van der Waals surface area (Å²) in [6.07, 6.45) is 1.85. The fourth-order valence-electron chi connectivity index (χ4n) is 4.38. The molecule has 1 aromatic heterocycles. The molecule has 37 heavy (non-hydrogen) atoms. The van der Waals surface area contributed by atoms with E-state index in [0.717, 1.165) is 65.1 Å². The van der Waals surface area contributed by atoms with Crippen molar-refractivity contribution in [2.45, 2.75) is 46.3 Å². The van der Waals surface area contributed by atoms with Crippen molar-refractivity contribution >= 4 is 17.2 Å². The molecule has 9 heteroatoms. The van der Waals surface area contributed by atoms with Crippen molar-refractivity contribution in [3.8, 4) is 23.0 Å². The topological polar surface area (TPSA) is 73.4 Å². The third kappa shape index (κ3) is 6.72. The van der Waals surface area contributed by atoms with Crippen LogP contribution >= 0.6 is 11.3 Å². The first-order valence-electron chi connectivity index (χ1n) is 12.6. The van der Waals surface area contributed by atoms with Crippen molar-refractivity contribution in [2.75, 3.05) is 34.1 Å². The second-order valence-electron chi connectivity index (χ2n) is 8.93. The number of ether oxygens (including phenoxy) is 4. The van der Waals surface area contributed by atoms with Crippen molar-refractivity contribution in [2.24, 2.45) is 0 Å². The Hall–Kier alpha value is -3.30. The molecule has 0 radical (unpaired) electrons. The van der Waals surface area contributed by atoms with Crippen LogP contribution in [0.5, 0.6) is 23.0 Å². The average Bonchev–Trinajstić information content (AvgIpc) is 3.57. The van der Waals surface area contributed by atoms with Crippen molar-refractivity contribution in [3.05, 3.63) is 63.6 Å². The molecule has 1 aliphatic rings. The van der Waals surface area contributed by atoms with Crippen molar-refractivity contribution < 1.29 is 23.7 Å². The van der Waals surface area contributed by atoms with Gasteiger partial charge in [0.1, 0.15) is 22.2 Å². The fourth-order valence-corrected chi connectivity index (χ4v) is 5.19. The molecule has 2 aromatic carbocycles. The molecule has 2 heterocycles. The number of benzene rings is 2. The summed E-state index contributed by atoms with van der Waals surface area (Å²) in [5.41, 5.74) is 2.66. The SMILES string of the molecule is CCCN(CCC)C(=O)c1csc(CN(Cc2ccc3c(c2)OCO3)Cc2ccc(OC)cc2OC)n1. The van der Waals surface area contributed by atoms with Crippen LogP contribution in [-0.2, 0) is 19.6 Å². The summed E-state index contributed by atoms with van der Waals surface area (Å²) in [5.74, 6) is 3.03. The molecule has 0 saturated heterocycles. The van der Waals surface area contributed by atoms with Crippen LogP contribution in [0.15, 0.2) is 41.8 Å². The molecule has 1 aliphatic heterocycles. The van der Waals surface area contributed by atoms with Gasteiger partial charge < -0.3 is 23.8 Å². The Labute approximate surface area is 222 Å². The van der Waals surface area contributed by atoms with Crippen LogP contribution in [0.1, 0.15) is 53.3 Å². The van der Waals surface area contributed by atoms with E-state index in [9.17, 15) is 4.79 Å². The molecule has 0 spiro atoms. The summed E-state index contributed by atoms with van der Waals surface area (Å²) in [5, 5.41) is 2.77.